The molecule has 0 N–H and O–H groups in total. The van der Waals surface area contributed by atoms with Gasteiger partial charge in [-0.2, -0.15) is 0 Å². The van der Waals surface area contributed by atoms with Crippen LogP contribution >= 0.6 is 0 Å². The average Bonchev–Trinajstić information content (AvgIpc) is 2.27. The van der Waals surface area contributed by atoms with E-state index in [0.29, 0.717) is 6.42 Å². The van der Waals surface area contributed by atoms with Crippen molar-refractivity contribution in [3.05, 3.63) is 0 Å². The first-order valence-electron chi connectivity index (χ1n) is 6.21. The SMILES string of the molecule is CCC(CC)C(=O)CC(=O)C(CC)CCF. The van der Waals surface area contributed by atoms with E-state index >= 15 is 0 Å². The highest BCUT2D eigenvalue weighted by atomic mass is 19.1. The van der Waals surface area contributed by atoms with Crippen LogP contribution in [0.1, 0.15) is 52.9 Å². The molecule has 0 spiro atoms. The number of Topliss-reactive ketones (excluding diaryl/α,β-unsaturated/α-hetero) is 2. The van der Waals surface area contributed by atoms with Crippen molar-refractivity contribution in [2.45, 2.75) is 52.9 Å². The lowest BCUT2D eigenvalue weighted by molar-refractivity contribution is -0.131. The number of halogens is 1. The molecule has 0 aliphatic rings. The first-order valence-corrected chi connectivity index (χ1v) is 6.21. The zero-order chi connectivity index (χ0) is 12.6. The summed E-state index contributed by atoms with van der Waals surface area (Å²) in [6.45, 7) is 5.29. The van der Waals surface area contributed by atoms with Crippen LogP contribution in [-0.4, -0.2) is 18.2 Å². The van der Waals surface area contributed by atoms with Gasteiger partial charge in [-0.25, -0.2) is 0 Å². The van der Waals surface area contributed by atoms with Crippen LogP contribution in [-0.2, 0) is 9.59 Å². The minimum Gasteiger partial charge on any atom is -0.299 e. The maximum absolute atomic E-state index is 12.2. The van der Waals surface area contributed by atoms with Gasteiger partial charge in [-0.3, -0.25) is 14.0 Å². The Balaban J connectivity index is 4.25. The Hall–Kier alpha value is -0.730. The third kappa shape index (κ3) is 4.86. The van der Waals surface area contributed by atoms with Crippen LogP contribution in [0.4, 0.5) is 4.39 Å². The molecule has 0 rings (SSSR count). The van der Waals surface area contributed by atoms with Crippen LogP contribution in [0, 0.1) is 11.8 Å². The second kappa shape index (κ2) is 8.43. The zero-order valence-corrected chi connectivity index (χ0v) is 10.6. The maximum atomic E-state index is 12.2. The molecule has 16 heavy (non-hydrogen) atoms. The number of hydrogen-bond acceptors (Lipinski definition) is 2. The van der Waals surface area contributed by atoms with Crippen LogP contribution in [0.2, 0.25) is 0 Å². The van der Waals surface area contributed by atoms with E-state index in [1.165, 1.54) is 0 Å². The number of rotatable bonds is 9. The van der Waals surface area contributed by atoms with Gasteiger partial charge in [-0.15, -0.1) is 0 Å². The van der Waals surface area contributed by atoms with Gasteiger partial charge in [0.15, 0.2) is 0 Å². The van der Waals surface area contributed by atoms with Gasteiger partial charge in [0.2, 0.25) is 0 Å². The second-order valence-electron chi connectivity index (χ2n) is 4.21. The van der Waals surface area contributed by atoms with E-state index in [2.05, 4.69) is 0 Å². The molecule has 0 saturated heterocycles. The summed E-state index contributed by atoms with van der Waals surface area (Å²) in [6, 6.07) is 0. The van der Waals surface area contributed by atoms with Gasteiger partial charge < -0.3 is 0 Å². The molecule has 0 bridgehead atoms. The minimum absolute atomic E-state index is 0.00756. The van der Waals surface area contributed by atoms with Gasteiger partial charge in [0.25, 0.3) is 0 Å². The van der Waals surface area contributed by atoms with Gasteiger partial charge >= 0.3 is 0 Å². The van der Waals surface area contributed by atoms with E-state index in [1.807, 2.05) is 20.8 Å². The molecule has 1 atom stereocenters. The molecular weight excluding hydrogens is 207 g/mol. The fourth-order valence-corrected chi connectivity index (χ4v) is 1.93. The van der Waals surface area contributed by atoms with Crippen molar-refractivity contribution >= 4 is 11.6 Å². The van der Waals surface area contributed by atoms with Gasteiger partial charge in [-0.05, 0) is 25.7 Å². The minimum atomic E-state index is -0.483. The average molecular weight is 230 g/mol. The molecule has 94 valence electrons. The molecule has 0 aliphatic carbocycles. The lowest BCUT2D eigenvalue weighted by Gasteiger charge is -2.14. The van der Waals surface area contributed by atoms with Crippen LogP contribution in [0.25, 0.3) is 0 Å². The van der Waals surface area contributed by atoms with Gasteiger partial charge in [0.1, 0.15) is 11.6 Å². The van der Waals surface area contributed by atoms with Crippen molar-refractivity contribution in [1.29, 1.82) is 0 Å². The van der Waals surface area contributed by atoms with Crippen molar-refractivity contribution in [3.63, 3.8) is 0 Å². The van der Waals surface area contributed by atoms with Crippen molar-refractivity contribution < 1.29 is 14.0 Å². The molecule has 0 aliphatic heterocycles. The van der Waals surface area contributed by atoms with E-state index < -0.39 is 6.67 Å². The Morgan fingerprint density at radius 3 is 1.75 bits per heavy atom. The molecule has 0 radical (unpaired) electrons. The van der Waals surface area contributed by atoms with Crippen LogP contribution in [0.3, 0.4) is 0 Å². The summed E-state index contributed by atoms with van der Waals surface area (Å²) in [5, 5.41) is 0. The molecule has 0 fully saturated rings. The van der Waals surface area contributed by atoms with Crippen molar-refractivity contribution in [2.24, 2.45) is 11.8 Å². The number of hydrogen-bond donors (Lipinski definition) is 0. The molecule has 0 aromatic heterocycles. The summed E-state index contributed by atoms with van der Waals surface area (Å²) in [6.07, 6.45) is 2.43. The summed E-state index contributed by atoms with van der Waals surface area (Å²) >= 11 is 0. The lowest BCUT2D eigenvalue weighted by atomic mass is 9.89. The number of carbonyl (C=O) groups excluding carboxylic acids is 2. The van der Waals surface area contributed by atoms with Gasteiger partial charge in [0.05, 0.1) is 13.1 Å². The monoisotopic (exact) mass is 230 g/mol. The molecule has 0 amide bonds. The molecule has 1 unspecified atom stereocenters. The summed E-state index contributed by atoms with van der Waals surface area (Å²) in [4.78, 5) is 23.4. The molecule has 3 heteroatoms. The normalized spacial score (nSPS) is 12.8. The van der Waals surface area contributed by atoms with Crippen molar-refractivity contribution in [1.82, 2.24) is 0 Å². The number of alkyl halides is 1. The second-order valence-corrected chi connectivity index (χ2v) is 4.21. The molecule has 2 nitrogen and oxygen atoms in total. The Kier molecular flexibility index (Phi) is 8.04. The number of ketones is 2. The van der Waals surface area contributed by atoms with Crippen molar-refractivity contribution in [2.75, 3.05) is 6.67 Å². The molecule has 0 heterocycles. The van der Waals surface area contributed by atoms with E-state index in [0.717, 1.165) is 12.8 Å². The Morgan fingerprint density at radius 1 is 0.938 bits per heavy atom. The molecular formula is C13H23FO2. The van der Waals surface area contributed by atoms with E-state index in [4.69, 9.17) is 0 Å². The Morgan fingerprint density at radius 2 is 1.38 bits per heavy atom. The highest BCUT2D eigenvalue weighted by Crippen LogP contribution is 2.16. The standard InChI is InChI=1S/C13H23FO2/c1-4-10(5-2)12(15)9-13(16)11(6-3)7-8-14/h10-11H,4-9H2,1-3H3. The van der Waals surface area contributed by atoms with E-state index in [9.17, 15) is 14.0 Å². The lowest BCUT2D eigenvalue weighted by Crippen LogP contribution is -2.22. The molecule has 0 saturated carbocycles. The third-order valence-corrected chi connectivity index (χ3v) is 3.20. The summed E-state index contributed by atoms with van der Waals surface area (Å²) in [5.41, 5.74) is 0. The van der Waals surface area contributed by atoms with Crippen LogP contribution in [0.15, 0.2) is 0 Å². The summed E-state index contributed by atoms with van der Waals surface area (Å²) in [7, 11) is 0. The first kappa shape index (κ1) is 15.3. The topological polar surface area (TPSA) is 34.1 Å². The zero-order valence-electron chi connectivity index (χ0n) is 10.6. The summed E-state index contributed by atoms with van der Waals surface area (Å²) in [5.74, 6) is -0.348. The fourth-order valence-electron chi connectivity index (χ4n) is 1.93. The van der Waals surface area contributed by atoms with Crippen molar-refractivity contribution in [3.8, 4) is 0 Å². The fraction of sp³-hybridized carbons (Fsp3) is 0.846. The predicted octanol–water partition coefficient (Wildman–Crippen LogP) is 3.34. The van der Waals surface area contributed by atoms with Gasteiger partial charge in [-0.1, -0.05) is 20.8 Å². The third-order valence-electron chi connectivity index (χ3n) is 3.20. The maximum Gasteiger partial charge on any atom is 0.143 e. The van der Waals surface area contributed by atoms with Gasteiger partial charge in [0, 0.05) is 11.8 Å². The Bertz CT molecular complexity index is 222. The number of carbonyl (C=O) groups is 2. The van der Waals surface area contributed by atoms with Crippen LogP contribution < -0.4 is 0 Å². The Labute approximate surface area is 97.6 Å². The quantitative estimate of drug-likeness (QED) is 0.569. The van der Waals surface area contributed by atoms with E-state index in [-0.39, 0.29) is 36.2 Å². The summed E-state index contributed by atoms with van der Waals surface area (Å²) < 4.78 is 12.2. The molecule has 0 aromatic rings. The smallest absolute Gasteiger partial charge is 0.143 e. The first-order chi connectivity index (χ1) is 7.60. The largest absolute Gasteiger partial charge is 0.299 e. The molecule has 0 aromatic carbocycles. The van der Waals surface area contributed by atoms with E-state index in [1.54, 1.807) is 0 Å². The highest BCUT2D eigenvalue weighted by Gasteiger charge is 2.22. The van der Waals surface area contributed by atoms with Crippen LogP contribution in [0.5, 0.6) is 0 Å². The predicted molar refractivity (Wildman–Crippen MR) is 63.1 cm³/mol. The highest BCUT2D eigenvalue weighted by molar-refractivity contribution is 6.01.